The summed E-state index contributed by atoms with van der Waals surface area (Å²) < 4.78 is 5.48. The minimum Gasteiger partial charge on any atom is -0.491 e. The van der Waals surface area contributed by atoms with Gasteiger partial charge in [-0.15, -0.1) is 0 Å². The van der Waals surface area contributed by atoms with E-state index in [-0.39, 0.29) is 0 Å². The Hall–Kier alpha value is -0.400. The average molecular weight is 231 g/mol. The summed E-state index contributed by atoms with van der Waals surface area (Å²) in [4.78, 5) is 0. The summed E-state index contributed by atoms with van der Waals surface area (Å²) in [6.07, 6.45) is 0.920. The highest BCUT2D eigenvalue weighted by atomic mass is 35.5. The summed E-state index contributed by atoms with van der Waals surface area (Å²) in [7, 11) is 0. The van der Waals surface area contributed by atoms with Crippen molar-refractivity contribution in [3.63, 3.8) is 0 Å². The molecule has 1 nitrogen and oxygen atoms in total. The van der Waals surface area contributed by atoms with Crippen LogP contribution in [-0.4, -0.2) is 6.61 Å². The van der Waals surface area contributed by atoms with Gasteiger partial charge in [0.25, 0.3) is 0 Å². The molecule has 0 saturated heterocycles. The molecule has 1 aliphatic heterocycles. The van der Waals surface area contributed by atoms with Gasteiger partial charge in [-0.05, 0) is 17.5 Å². The maximum atomic E-state index is 6.17. The zero-order valence-electron chi connectivity index (χ0n) is 8.23. The molecule has 3 heteroatoms. The minimum atomic E-state index is 0.412. The maximum Gasteiger partial charge on any atom is 0.141 e. The van der Waals surface area contributed by atoms with Crippen molar-refractivity contribution < 1.29 is 4.74 Å². The van der Waals surface area contributed by atoms with Gasteiger partial charge in [-0.25, -0.2) is 0 Å². The normalized spacial score (nSPS) is 14.4. The SMILES string of the molecule is CC(C)c1c(Cl)cc(Cl)c2c1CCO2. The third-order valence-corrected chi connectivity index (χ3v) is 3.10. The first-order valence-corrected chi connectivity index (χ1v) is 5.50. The molecule has 0 N–H and O–H groups in total. The second kappa shape index (κ2) is 3.63. The molecule has 0 aliphatic carbocycles. The Balaban J connectivity index is 2.66. The second-order valence-electron chi connectivity index (χ2n) is 3.81. The Morgan fingerprint density at radius 3 is 2.64 bits per heavy atom. The van der Waals surface area contributed by atoms with Crippen LogP contribution in [0.2, 0.25) is 10.0 Å². The summed E-state index contributed by atoms with van der Waals surface area (Å²) in [5.74, 6) is 1.25. The van der Waals surface area contributed by atoms with E-state index in [1.807, 2.05) is 0 Å². The van der Waals surface area contributed by atoms with Crippen LogP contribution in [0.3, 0.4) is 0 Å². The van der Waals surface area contributed by atoms with Crippen molar-refractivity contribution in [3.8, 4) is 5.75 Å². The van der Waals surface area contributed by atoms with Crippen LogP contribution in [0.25, 0.3) is 0 Å². The molecule has 0 aromatic heterocycles. The molecule has 0 spiro atoms. The van der Waals surface area contributed by atoms with E-state index in [9.17, 15) is 0 Å². The fraction of sp³-hybridized carbons (Fsp3) is 0.455. The number of ether oxygens (including phenoxy) is 1. The fourth-order valence-electron chi connectivity index (χ4n) is 1.95. The van der Waals surface area contributed by atoms with E-state index in [0.29, 0.717) is 10.9 Å². The van der Waals surface area contributed by atoms with Gasteiger partial charge in [0.1, 0.15) is 5.75 Å². The number of rotatable bonds is 1. The van der Waals surface area contributed by atoms with Crippen LogP contribution < -0.4 is 4.74 Å². The summed E-state index contributed by atoms with van der Waals surface area (Å²) in [6.45, 7) is 4.98. The lowest BCUT2D eigenvalue weighted by molar-refractivity contribution is 0.357. The predicted octanol–water partition coefficient (Wildman–Crippen LogP) is 4.05. The van der Waals surface area contributed by atoms with Crippen LogP contribution in [0.5, 0.6) is 5.75 Å². The van der Waals surface area contributed by atoms with Crippen molar-refractivity contribution in [3.05, 3.63) is 27.2 Å². The predicted molar refractivity (Wildman–Crippen MR) is 59.8 cm³/mol. The molecule has 1 aromatic rings. The van der Waals surface area contributed by atoms with Gasteiger partial charge >= 0.3 is 0 Å². The van der Waals surface area contributed by atoms with Crippen LogP contribution in [-0.2, 0) is 6.42 Å². The molecule has 1 aromatic carbocycles. The third kappa shape index (κ3) is 1.49. The highest BCUT2D eigenvalue weighted by Gasteiger charge is 2.23. The molecule has 2 rings (SSSR count). The Kier molecular flexibility index (Phi) is 2.63. The Bertz CT molecular complexity index is 372. The maximum absolute atomic E-state index is 6.17. The minimum absolute atomic E-state index is 0.412. The molecule has 1 heterocycles. The van der Waals surface area contributed by atoms with Gasteiger partial charge in [0.05, 0.1) is 11.6 Å². The number of hydrogen-bond acceptors (Lipinski definition) is 1. The topological polar surface area (TPSA) is 9.23 Å². The lowest BCUT2D eigenvalue weighted by Crippen LogP contribution is -1.95. The van der Waals surface area contributed by atoms with Crippen molar-refractivity contribution in [1.29, 1.82) is 0 Å². The zero-order valence-corrected chi connectivity index (χ0v) is 9.74. The Morgan fingerprint density at radius 2 is 2.00 bits per heavy atom. The molecule has 14 heavy (non-hydrogen) atoms. The van der Waals surface area contributed by atoms with Gasteiger partial charge in [0, 0.05) is 17.0 Å². The van der Waals surface area contributed by atoms with E-state index < -0.39 is 0 Å². The van der Waals surface area contributed by atoms with Crippen molar-refractivity contribution in [1.82, 2.24) is 0 Å². The molecule has 0 saturated carbocycles. The fourth-order valence-corrected chi connectivity index (χ4v) is 2.72. The van der Waals surface area contributed by atoms with Crippen LogP contribution in [0.1, 0.15) is 30.9 Å². The summed E-state index contributed by atoms with van der Waals surface area (Å²) in [5.41, 5.74) is 2.38. The summed E-state index contributed by atoms with van der Waals surface area (Å²) >= 11 is 12.2. The molecule has 0 unspecified atom stereocenters. The molecule has 0 atom stereocenters. The smallest absolute Gasteiger partial charge is 0.141 e. The molecule has 76 valence electrons. The highest BCUT2D eigenvalue weighted by molar-refractivity contribution is 6.36. The molecule has 0 amide bonds. The first-order valence-electron chi connectivity index (χ1n) is 4.75. The first-order chi connectivity index (χ1) is 6.61. The van der Waals surface area contributed by atoms with E-state index in [1.54, 1.807) is 6.07 Å². The highest BCUT2D eigenvalue weighted by Crippen LogP contribution is 2.42. The number of fused-ring (bicyclic) bond motifs is 1. The average Bonchev–Trinajstić information content (AvgIpc) is 2.51. The first kappa shape index (κ1) is 10.1. The van der Waals surface area contributed by atoms with Gasteiger partial charge in [-0.2, -0.15) is 0 Å². The monoisotopic (exact) mass is 230 g/mol. The standard InChI is InChI=1S/C11H12Cl2O/c1-6(2)10-7-3-4-14-11(7)9(13)5-8(10)12/h5-6H,3-4H2,1-2H3. The van der Waals surface area contributed by atoms with Crippen LogP contribution in [0.15, 0.2) is 6.07 Å². The van der Waals surface area contributed by atoms with Crippen molar-refractivity contribution >= 4 is 23.2 Å². The summed E-state index contributed by atoms with van der Waals surface area (Å²) in [6, 6.07) is 1.78. The summed E-state index contributed by atoms with van der Waals surface area (Å²) in [5, 5.41) is 1.39. The van der Waals surface area contributed by atoms with Crippen LogP contribution in [0.4, 0.5) is 0 Å². The van der Waals surface area contributed by atoms with E-state index in [4.69, 9.17) is 27.9 Å². The molecule has 0 radical (unpaired) electrons. The number of hydrogen-bond donors (Lipinski definition) is 0. The van der Waals surface area contributed by atoms with Gasteiger partial charge in [-0.3, -0.25) is 0 Å². The van der Waals surface area contributed by atoms with Crippen LogP contribution >= 0.6 is 23.2 Å². The number of benzene rings is 1. The van der Waals surface area contributed by atoms with E-state index in [2.05, 4.69) is 13.8 Å². The van der Waals surface area contributed by atoms with Gasteiger partial charge in [-0.1, -0.05) is 37.0 Å². The molecular formula is C11H12Cl2O. The van der Waals surface area contributed by atoms with Crippen LogP contribution in [0, 0.1) is 0 Å². The molecule has 0 fully saturated rings. The molecular weight excluding hydrogens is 219 g/mol. The van der Waals surface area contributed by atoms with Crippen molar-refractivity contribution in [2.24, 2.45) is 0 Å². The second-order valence-corrected chi connectivity index (χ2v) is 4.63. The quantitative estimate of drug-likeness (QED) is 0.708. The van der Waals surface area contributed by atoms with Gasteiger partial charge < -0.3 is 4.74 Å². The number of halogens is 2. The molecule has 1 aliphatic rings. The van der Waals surface area contributed by atoms with E-state index in [0.717, 1.165) is 23.8 Å². The third-order valence-electron chi connectivity index (χ3n) is 2.50. The largest absolute Gasteiger partial charge is 0.491 e. The zero-order chi connectivity index (χ0) is 10.3. The van der Waals surface area contributed by atoms with Crippen molar-refractivity contribution in [2.75, 3.05) is 6.61 Å². The van der Waals surface area contributed by atoms with Crippen molar-refractivity contribution in [2.45, 2.75) is 26.2 Å². The van der Waals surface area contributed by atoms with Gasteiger partial charge in [0.15, 0.2) is 0 Å². The Morgan fingerprint density at radius 1 is 1.29 bits per heavy atom. The lowest BCUT2D eigenvalue weighted by Gasteiger charge is -2.13. The van der Waals surface area contributed by atoms with E-state index >= 15 is 0 Å². The van der Waals surface area contributed by atoms with Gasteiger partial charge in [0.2, 0.25) is 0 Å². The lowest BCUT2D eigenvalue weighted by atomic mass is 9.95. The Labute approximate surface area is 94.0 Å². The molecule has 0 bridgehead atoms. The van der Waals surface area contributed by atoms with E-state index in [1.165, 1.54) is 11.1 Å².